The lowest BCUT2D eigenvalue weighted by Crippen LogP contribution is -2.19. The van der Waals surface area contributed by atoms with Crippen molar-refractivity contribution in [2.75, 3.05) is 27.3 Å². The summed E-state index contributed by atoms with van der Waals surface area (Å²) < 4.78 is 16.7. The first-order valence-electron chi connectivity index (χ1n) is 9.76. The largest absolute Gasteiger partial charge is 0.507 e. The molecule has 2 aromatic rings. The van der Waals surface area contributed by atoms with Crippen molar-refractivity contribution in [3.63, 3.8) is 0 Å². The molecule has 29 heavy (non-hydrogen) atoms. The second kappa shape index (κ2) is 7.79. The van der Waals surface area contributed by atoms with E-state index in [0.717, 1.165) is 25.9 Å². The lowest BCUT2D eigenvalue weighted by Gasteiger charge is -2.18. The van der Waals surface area contributed by atoms with Gasteiger partial charge in [0.25, 0.3) is 0 Å². The summed E-state index contributed by atoms with van der Waals surface area (Å²) in [6, 6.07) is 7.04. The molecule has 0 atom stereocenters. The number of aryl methyl sites for hydroxylation is 1. The topological polar surface area (TPSA) is 68.2 Å². The summed E-state index contributed by atoms with van der Waals surface area (Å²) in [7, 11) is 3.16. The number of phenols is 1. The average Bonchev–Trinajstić information content (AvgIpc) is 3.34. The normalized spacial score (nSPS) is 17.5. The number of methoxy groups -OCH3 is 2. The number of carbonyl (C=O) groups excluding carboxylic acids is 1. The van der Waals surface area contributed by atoms with E-state index in [9.17, 15) is 9.90 Å². The highest BCUT2D eigenvalue weighted by molar-refractivity contribution is 6.16. The Morgan fingerprint density at radius 2 is 1.93 bits per heavy atom. The molecule has 2 aliphatic heterocycles. The summed E-state index contributed by atoms with van der Waals surface area (Å²) in [5, 5.41) is 10.5. The molecular weight excluding hydrogens is 370 g/mol. The first-order valence-corrected chi connectivity index (χ1v) is 9.76. The predicted molar refractivity (Wildman–Crippen MR) is 110 cm³/mol. The average molecular weight is 395 g/mol. The van der Waals surface area contributed by atoms with Crippen LogP contribution in [0.15, 0.2) is 30.0 Å². The number of benzene rings is 2. The third-order valence-corrected chi connectivity index (χ3v) is 5.53. The van der Waals surface area contributed by atoms with Gasteiger partial charge in [-0.1, -0.05) is 0 Å². The summed E-state index contributed by atoms with van der Waals surface area (Å²) in [6.45, 7) is 4.36. The van der Waals surface area contributed by atoms with Crippen molar-refractivity contribution in [2.45, 2.75) is 26.3 Å². The van der Waals surface area contributed by atoms with Gasteiger partial charge in [-0.05, 0) is 62.7 Å². The SMILES string of the molecule is COc1ccc(/C=C2\Oc3c(CN4CCCC4)c(O)cc(C)c3C2=O)c(OC)c1. The van der Waals surface area contributed by atoms with E-state index in [1.807, 2.05) is 13.0 Å². The van der Waals surface area contributed by atoms with E-state index < -0.39 is 0 Å². The van der Waals surface area contributed by atoms with Crippen LogP contribution in [0.5, 0.6) is 23.0 Å². The molecule has 2 aliphatic rings. The van der Waals surface area contributed by atoms with E-state index in [1.165, 1.54) is 0 Å². The van der Waals surface area contributed by atoms with Crippen LogP contribution in [0.1, 0.15) is 39.9 Å². The smallest absolute Gasteiger partial charge is 0.232 e. The molecule has 4 rings (SSSR count). The van der Waals surface area contributed by atoms with E-state index in [4.69, 9.17) is 14.2 Å². The predicted octanol–water partition coefficient (Wildman–Crippen LogP) is 3.93. The lowest BCUT2D eigenvalue weighted by molar-refractivity contribution is 0.101. The molecule has 2 aromatic carbocycles. The summed E-state index contributed by atoms with van der Waals surface area (Å²) in [6.07, 6.45) is 3.98. The van der Waals surface area contributed by atoms with Gasteiger partial charge in [-0.3, -0.25) is 9.69 Å². The first-order chi connectivity index (χ1) is 14.0. The van der Waals surface area contributed by atoms with Crippen molar-refractivity contribution in [3.05, 3.63) is 52.3 Å². The van der Waals surface area contributed by atoms with Crippen molar-refractivity contribution >= 4 is 11.9 Å². The minimum atomic E-state index is -0.182. The Kier molecular flexibility index (Phi) is 5.20. The number of aromatic hydroxyl groups is 1. The number of fused-ring (bicyclic) bond motifs is 1. The van der Waals surface area contributed by atoms with E-state index in [1.54, 1.807) is 38.5 Å². The molecule has 152 valence electrons. The molecule has 1 N–H and O–H groups in total. The maximum atomic E-state index is 13.1. The maximum absolute atomic E-state index is 13.1. The fourth-order valence-electron chi connectivity index (χ4n) is 3.98. The van der Waals surface area contributed by atoms with Crippen molar-refractivity contribution in [1.29, 1.82) is 0 Å². The van der Waals surface area contributed by atoms with Gasteiger partial charge in [-0.15, -0.1) is 0 Å². The third-order valence-electron chi connectivity index (χ3n) is 5.53. The molecule has 0 amide bonds. The van der Waals surface area contributed by atoms with Gasteiger partial charge in [0.2, 0.25) is 5.78 Å². The minimum Gasteiger partial charge on any atom is -0.507 e. The molecule has 0 saturated carbocycles. The quantitative estimate of drug-likeness (QED) is 0.774. The molecule has 0 aliphatic carbocycles. The van der Waals surface area contributed by atoms with Gasteiger partial charge in [-0.2, -0.15) is 0 Å². The molecule has 0 bridgehead atoms. The zero-order valence-corrected chi connectivity index (χ0v) is 16.9. The molecule has 0 unspecified atom stereocenters. The number of carbonyl (C=O) groups is 1. The van der Waals surface area contributed by atoms with Crippen LogP contribution in [-0.2, 0) is 6.54 Å². The van der Waals surface area contributed by atoms with E-state index in [2.05, 4.69) is 4.90 Å². The Morgan fingerprint density at radius 3 is 2.62 bits per heavy atom. The van der Waals surface area contributed by atoms with Crippen LogP contribution in [0.25, 0.3) is 6.08 Å². The lowest BCUT2D eigenvalue weighted by atomic mass is 9.99. The van der Waals surface area contributed by atoms with Crippen molar-refractivity contribution < 1.29 is 24.1 Å². The highest BCUT2D eigenvalue weighted by Crippen LogP contribution is 2.43. The Hall–Kier alpha value is -2.99. The number of Topliss-reactive ketones (excluding diaryl/α,β-unsaturated/α-hetero) is 1. The van der Waals surface area contributed by atoms with Gasteiger partial charge >= 0.3 is 0 Å². The molecule has 1 saturated heterocycles. The van der Waals surface area contributed by atoms with Crippen LogP contribution in [0.4, 0.5) is 0 Å². The van der Waals surface area contributed by atoms with Crippen molar-refractivity contribution in [3.8, 4) is 23.0 Å². The molecule has 6 heteroatoms. The minimum absolute atomic E-state index is 0.171. The number of hydrogen-bond donors (Lipinski definition) is 1. The Morgan fingerprint density at radius 1 is 1.17 bits per heavy atom. The highest BCUT2D eigenvalue weighted by atomic mass is 16.5. The van der Waals surface area contributed by atoms with E-state index >= 15 is 0 Å². The molecule has 1 fully saturated rings. The van der Waals surface area contributed by atoms with Crippen molar-refractivity contribution in [1.82, 2.24) is 4.90 Å². The standard InChI is InChI=1S/C23H25NO5/c1-14-10-18(25)17(13-24-8-4-5-9-24)23-21(14)22(26)20(29-23)11-15-6-7-16(27-2)12-19(15)28-3/h6-7,10-12,25H,4-5,8-9,13H2,1-3H3/b20-11-. The number of phenolic OH excluding ortho intramolecular Hbond substituents is 1. The second-order valence-electron chi connectivity index (χ2n) is 7.43. The van der Waals surface area contributed by atoms with Crippen LogP contribution >= 0.6 is 0 Å². The Balaban J connectivity index is 1.73. The Labute approximate surface area is 170 Å². The molecule has 0 radical (unpaired) electrons. The summed E-state index contributed by atoms with van der Waals surface area (Å²) in [5.41, 5.74) is 2.62. The van der Waals surface area contributed by atoms with E-state index in [0.29, 0.717) is 46.0 Å². The molecule has 0 aromatic heterocycles. The zero-order chi connectivity index (χ0) is 20.5. The van der Waals surface area contributed by atoms with Crippen LogP contribution in [0, 0.1) is 6.92 Å². The molecular formula is C23H25NO5. The maximum Gasteiger partial charge on any atom is 0.232 e. The zero-order valence-electron chi connectivity index (χ0n) is 16.9. The van der Waals surface area contributed by atoms with Gasteiger partial charge in [0.15, 0.2) is 5.76 Å². The summed E-state index contributed by atoms with van der Waals surface area (Å²) >= 11 is 0. The number of nitrogens with zero attached hydrogens (tertiary/aromatic N) is 1. The molecule has 0 spiro atoms. The van der Waals surface area contributed by atoms with Gasteiger partial charge in [0.05, 0.1) is 25.3 Å². The number of allylic oxidation sites excluding steroid dienone is 1. The number of likely N-dealkylation sites (tertiary alicyclic amines) is 1. The van der Waals surface area contributed by atoms with Gasteiger partial charge in [0, 0.05) is 18.2 Å². The number of ketones is 1. The Bertz CT molecular complexity index is 989. The van der Waals surface area contributed by atoms with Crippen LogP contribution in [0.2, 0.25) is 0 Å². The summed E-state index contributed by atoms with van der Waals surface area (Å²) in [4.78, 5) is 15.4. The highest BCUT2D eigenvalue weighted by Gasteiger charge is 2.34. The number of hydrogen-bond acceptors (Lipinski definition) is 6. The number of rotatable bonds is 5. The first kappa shape index (κ1) is 19.3. The molecule has 2 heterocycles. The van der Waals surface area contributed by atoms with Crippen LogP contribution < -0.4 is 14.2 Å². The third kappa shape index (κ3) is 3.56. The van der Waals surface area contributed by atoms with Crippen LogP contribution in [-0.4, -0.2) is 43.1 Å². The van der Waals surface area contributed by atoms with Gasteiger partial charge in [-0.25, -0.2) is 0 Å². The monoisotopic (exact) mass is 395 g/mol. The van der Waals surface area contributed by atoms with E-state index in [-0.39, 0.29) is 17.3 Å². The van der Waals surface area contributed by atoms with Crippen LogP contribution in [0.3, 0.4) is 0 Å². The van der Waals surface area contributed by atoms with Gasteiger partial charge in [0.1, 0.15) is 23.0 Å². The summed E-state index contributed by atoms with van der Waals surface area (Å²) in [5.74, 6) is 1.93. The number of ether oxygens (including phenoxy) is 3. The molecule has 6 nitrogen and oxygen atoms in total. The van der Waals surface area contributed by atoms with Gasteiger partial charge < -0.3 is 19.3 Å². The fraction of sp³-hybridized carbons (Fsp3) is 0.348. The second-order valence-corrected chi connectivity index (χ2v) is 7.43. The fourth-order valence-corrected chi connectivity index (χ4v) is 3.98. The van der Waals surface area contributed by atoms with Crippen molar-refractivity contribution in [2.24, 2.45) is 0 Å².